The van der Waals surface area contributed by atoms with Crippen molar-refractivity contribution < 1.29 is 4.79 Å². The van der Waals surface area contributed by atoms with E-state index in [4.69, 9.17) is 4.98 Å². The molecule has 0 saturated carbocycles. The van der Waals surface area contributed by atoms with E-state index in [0.717, 1.165) is 69.0 Å². The van der Waals surface area contributed by atoms with Crippen LogP contribution in [0.5, 0.6) is 0 Å². The van der Waals surface area contributed by atoms with E-state index in [-0.39, 0.29) is 5.91 Å². The largest absolute Gasteiger partial charge is 0.360 e. The molecule has 5 nitrogen and oxygen atoms in total. The highest BCUT2D eigenvalue weighted by molar-refractivity contribution is 9.10. The van der Waals surface area contributed by atoms with Crippen LogP contribution >= 0.6 is 15.9 Å². The molecule has 1 aliphatic heterocycles. The molecule has 2 aromatic carbocycles. The number of hydrogen-bond acceptors (Lipinski definition) is 3. The van der Waals surface area contributed by atoms with Gasteiger partial charge in [-0.2, -0.15) is 0 Å². The van der Waals surface area contributed by atoms with Crippen molar-refractivity contribution in [3.05, 3.63) is 64.8 Å². The van der Waals surface area contributed by atoms with Gasteiger partial charge in [0, 0.05) is 51.7 Å². The third-order valence-corrected chi connectivity index (χ3v) is 6.55. The molecule has 1 saturated heterocycles. The maximum absolute atomic E-state index is 13.5. The number of likely N-dealkylation sites (tertiary alicyclic amines) is 1. The highest BCUT2D eigenvalue weighted by atomic mass is 79.9. The number of aromatic amines is 1. The first-order valence-electron chi connectivity index (χ1n) is 10.3. The Balaban J connectivity index is 1.61. The number of aromatic nitrogens is 2. The van der Waals surface area contributed by atoms with Crippen molar-refractivity contribution in [2.24, 2.45) is 0 Å². The molecule has 2 aromatic heterocycles. The van der Waals surface area contributed by atoms with Crippen molar-refractivity contribution in [3.63, 3.8) is 0 Å². The van der Waals surface area contributed by atoms with E-state index in [1.54, 1.807) is 0 Å². The zero-order valence-corrected chi connectivity index (χ0v) is 18.4. The molecule has 30 heavy (non-hydrogen) atoms. The molecule has 2 N–H and O–H groups in total. The van der Waals surface area contributed by atoms with Crippen LogP contribution in [0.1, 0.15) is 23.2 Å². The Bertz CT molecular complexity index is 1240. The van der Waals surface area contributed by atoms with Gasteiger partial charge in [-0.25, -0.2) is 4.98 Å². The van der Waals surface area contributed by atoms with Gasteiger partial charge in [0.1, 0.15) is 0 Å². The number of carbonyl (C=O) groups is 1. The Kier molecular flexibility index (Phi) is 5.05. The molecule has 0 radical (unpaired) electrons. The van der Waals surface area contributed by atoms with Gasteiger partial charge in [-0.05, 0) is 50.2 Å². The summed E-state index contributed by atoms with van der Waals surface area (Å²) in [6.45, 7) is 1.55. The maximum atomic E-state index is 13.5. The minimum absolute atomic E-state index is 0.0884. The maximum Gasteiger partial charge on any atom is 0.254 e. The first-order chi connectivity index (χ1) is 14.6. The van der Waals surface area contributed by atoms with Gasteiger partial charge in [0.2, 0.25) is 0 Å². The molecule has 0 aliphatic carbocycles. The van der Waals surface area contributed by atoms with Crippen LogP contribution in [-0.4, -0.2) is 47.0 Å². The average molecular weight is 463 g/mol. The van der Waals surface area contributed by atoms with Crippen molar-refractivity contribution in [2.45, 2.75) is 18.9 Å². The van der Waals surface area contributed by atoms with E-state index < -0.39 is 0 Å². The minimum Gasteiger partial charge on any atom is -0.360 e. The van der Waals surface area contributed by atoms with E-state index >= 15 is 0 Å². The quantitative estimate of drug-likeness (QED) is 0.451. The number of amides is 1. The number of carbonyl (C=O) groups excluding carboxylic acids is 1. The van der Waals surface area contributed by atoms with Crippen LogP contribution in [-0.2, 0) is 0 Å². The predicted molar refractivity (Wildman–Crippen MR) is 125 cm³/mol. The number of halogens is 1. The highest BCUT2D eigenvalue weighted by Gasteiger charge is 2.25. The van der Waals surface area contributed by atoms with Gasteiger partial charge in [-0.15, -0.1) is 0 Å². The fourth-order valence-electron chi connectivity index (χ4n) is 4.34. The van der Waals surface area contributed by atoms with Crippen molar-refractivity contribution in [1.82, 2.24) is 20.2 Å². The van der Waals surface area contributed by atoms with E-state index in [2.05, 4.69) is 32.3 Å². The summed E-state index contributed by atoms with van der Waals surface area (Å²) < 4.78 is 1.01. The third kappa shape index (κ3) is 3.40. The molecule has 0 bridgehead atoms. The number of hydrogen-bond donors (Lipinski definition) is 2. The fourth-order valence-corrected chi connectivity index (χ4v) is 4.70. The Morgan fingerprint density at radius 1 is 1.13 bits per heavy atom. The molecular formula is C24H23BrN4O. The first kappa shape index (κ1) is 19.3. The van der Waals surface area contributed by atoms with Crippen molar-refractivity contribution in [3.8, 4) is 11.3 Å². The lowest BCUT2D eigenvalue weighted by atomic mass is 10.0. The van der Waals surface area contributed by atoms with Gasteiger partial charge in [0.05, 0.1) is 16.8 Å². The Hall–Kier alpha value is -2.70. The van der Waals surface area contributed by atoms with E-state index in [9.17, 15) is 4.79 Å². The monoisotopic (exact) mass is 462 g/mol. The minimum atomic E-state index is 0.0884. The summed E-state index contributed by atoms with van der Waals surface area (Å²) in [5, 5.41) is 5.32. The summed E-state index contributed by atoms with van der Waals surface area (Å²) in [7, 11) is 1.99. The van der Waals surface area contributed by atoms with Crippen molar-refractivity contribution >= 4 is 43.6 Å². The molecule has 1 fully saturated rings. The summed E-state index contributed by atoms with van der Waals surface area (Å²) in [6.07, 6.45) is 3.93. The SMILES string of the molecule is CNC1CCN(C(=O)c2cc(-c3c[nH]c4ccc(Br)cc34)nc3ccccc23)CC1. The number of H-pyrrole nitrogens is 1. The van der Waals surface area contributed by atoms with Crippen molar-refractivity contribution in [1.29, 1.82) is 0 Å². The van der Waals surface area contributed by atoms with Gasteiger partial charge in [-0.3, -0.25) is 4.79 Å². The summed E-state index contributed by atoms with van der Waals surface area (Å²) in [4.78, 5) is 23.7. The fraction of sp³-hybridized carbons (Fsp3) is 0.250. The van der Waals surface area contributed by atoms with Gasteiger partial charge >= 0.3 is 0 Å². The summed E-state index contributed by atoms with van der Waals surface area (Å²) in [6, 6.07) is 16.5. The van der Waals surface area contributed by atoms with Crippen LogP contribution in [0.15, 0.2) is 59.2 Å². The molecule has 6 heteroatoms. The van der Waals surface area contributed by atoms with Crippen LogP contribution in [0.4, 0.5) is 0 Å². The number of fused-ring (bicyclic) bond motifs is 2. The number of benzene rings is 2. The van der Waals surface area contributed by atoms with Crippen LogP contribution in [0.2, 0.25) is 0 Å². The van der Waals surface area contributed by atoms with Crippen molar-refractivity contribution in [2.75, 3.05) is 20.1 Å². The average Bonchev–Trinajstić information content (AvgIpc) is 3.21. The number of piperidine rings is 1. The van der Waals surface area contributed by atoms with Crippen LogP contribution < -0.4 is 5.32 Å². The molecule has 4 aromatic rings. The normalized spacial score (nSPS) is 15.2. The first-order valence-corrected chi connectivity index (χ1v) is 11.1. The Labute approximate surface area is 183 Å². The topological polar surface area (TPSA) is 61.0 Å². The predicted octanol–water partition coefficient (Wildman–Crippen LogP) is 4.97. The molecule has 152 valence electrons. The summed E-state index contributed by atoms with van der Waals surface area (Å²) in [5.41, 5.74) is 4.42. The summed E-state index contributed by atoms with van der Waals surface area (Å²) >= 11 is 3.56. The number of para-hydroxylation sites is 1. The lowest BCUT2D eigenvalue weighted by Crippen LogP contribution is -2.44. The second-order valence-corrected chi connectivity index (χ2v) is 8.74. The standard InChI is InChI=1S/C24H23BrN4O/c1-26-16-8-10-29(11-9-16)24(30)19-13-23(28-22-5-3-2-4-17(19)22)20-14-27-21-7-6-15(25)12-18(20)21/h2-7,12-14,16,26-27H,8-11H2,1H3. The highest BCUT2D eigenvalue weighted by Crippen LogP contribution is 2.32. The van der Waals surface area contributed by atoms with Gasteiger partial charge < -0.3 is 15.2 Å². The van der Waals surface area contributed by atoms with Gasteiger partial charge in [0.25, 0.3) is 5.91 Å². The van der Waals surface area contributed by atoms with E-state index in [1.165, 1.54) is 0 Å². The molecule has 3 heterocycles. The van der Waals surface area contributed by atoms with Gasteiger partial charge in [0.15, 0.2) is 0 Å². The lowest BCUT2D eigenvalue weighted by Gasteiger charge is -2.32. The Morgan fingerprint density at radius 3 is 2.73 bits per heavy atom. The Morgan fingerprint density at radius 2 is 1.93 bits per heavy atom. The number of pyridine rings is 1. The molecular weight excluding hydrogens is 440 g/mol. The molecule has 5 rings (SSSR count). The van der Waals surface area contributed by atoms with E-state index in [1.807, 2.05) is 60.6 Å². The summed E-state index contributed by atoms with van der Waals surface area (Å²) in [5.74, 6) is 0.0884. The zero-order chi connectivity index (χ0) is 20.7. The lowest BCUT2D eigenvalue weighted by molar-refractivity contribution is 0.0709. The number of nitrogens with zero attached hydrogens (tertiary/aromatic N) is 2. The molecule has 0 spiro atoms. The van der Waals surface area contributed by atoms with Crippen LogP contribution in [0, 0.1) is 0 Å². The smallest absolute Gasteiger partial charge is 0.254 e. The van der Waals surface area contributed by atoms with Crippen LogP contribution in [0.25, 0.3) is 33.1 Å². The van der Waals surface area contributed by atoms with Gasteiger partial charge in [-0.1, -0.05) is 34.1 Å². The molecule has 1 amide bonds. The zero-order valence-electron chi connectivity index (χ0n) is 16.8. The van der Waals surface area contributed by atoms with E-state index in [0.29, 0.717) is 6.04 Å². The number of nitrogens with one attached hydrogen (secondary N) is 2. The third-order valence-electron chi connectivity index (χ3n) is 6.06. The van der Waals surface area contributed by atoms with Crippen LogP contribution in [0.3, 0.4) is 0 Å². The second kappa shape index (κ2) is 7.85. The number of rotatable bonds is 3. The molecule has 0 atom stereocenters. The molecule has 0 unspecified atom stereocenters. The molecule has 1 aliphatic rings. The second-order valence-electron chi connectivity index (χ2n) is 7.82.